The molecule has 1 atom stereocenters. The van der Waals surface area contributed by atoms with Gasteiger partial charge in [-0.2, -0.15) is 0 Å². The van der Waals surface area contributed by atoms with Gasteiger partial charge in [0.2, 0.25) is 0 Å². The van der Waals surface area contributed by atoms with E-state index in [9.17, 15) is 0 Å². The van der Waals surface area contributed by atoms with Crippen molar-refractivity contribution in [2.45, 2.75) is 51.9 Å². The molecule has 1 saturated heterocycles. The molecule has 2 heterocycles. The van der Waals surface area contributed by atoms with Gasteiger partial charge in [0.15, 0.2) is 0 Å². The molecular weight excluding hydrogens is 320 g/mol. The summed E-state index contributed by atoms with van der Waals surface area (Å²) in [6.45, 7) is 8.63. The number of hydrogen-bond donors (Lipinski definition) is 1. The highest BCUT2D eigenvalue weighted by Gasteiger charge is 2.20. The number of nitrogens with zero attached hydrogens (tertiary/aromatic N) is 3. The molecule has 1 fully saturated rings. The van der Waals surface area contributed by atoms with Crippen LogP contribution in [0.15, 0.2) is 36.7 Å². The van der Waals surface area contributed by atoms with Gasteiger partial charge in [-0.3, -0.25) is 4.90 Å². The Bertz CT molecular complexity index is 629. The SMILES string of the molecule is Cc1nccn1CC(C)NC1CCN(Cc2ccc(Cl)cc2)CC1. The van der Waals surface area contributed by atoms with Crippen LogP contribution >= 0.6 is 11.6 Å². The van der Waals surface area contributed by atoms with Crippen molar-refractivity contribution in [1.29, 1.82) is 0 Å². The Kier molecular flexibility index (Phi) is 5.93. The molecule has 0 saturated carbocycles. The number of halogens is 1. The predicted molar refractivity (Wildman–Crippen MR) is 99.3 cm³/mol. The Labute approximate surface area is 149 Å². The number of aromatic nitrogens is 2. The highest BCUT2D eigenvalue weighted by Crippen LogP contribution is 2.16. The van der Waals surface area contributed by atoms with Gasteiger partial charge in [0.25, 0.3) is 0 Å². The molecule has 0 bridgehead atoms. The largest absolute Gasteiger partial charge is 0.334 e. The topological polar surface area (TPSA) is 33.1 Å². The van der Waals surface area contributed by atoms with Gasteiger partial charge in [-0.1, -0.05) is 23.7 Å². The van der Waals surface area contributed by atoms with Crippen LogP contribution in [0.2, 0.25) is 5.02 Å². The summed E-state index contributed by atoms with van der Waals surface area (Å²) < 4.78 is 2.22. The summed E-state index contributed by atoms with van der Waals surface area (Å²) in [7, 11) is 0. The minimum Gasteiger partial charge on any atom is -0.334 e. The van der Waals surface area contributed by atoms with Gasteiger partial charge in [-0.25, -0.2) is 4.98 Å². The zero-order chi connectivity index (χ0) is 16.9. The van der Waals surface area contributed by atoms with Gasteiger partial charge in [0.05, 0.1) is 0 Å². The Morgan fingerprint density at radius 2 is 1.96 bits per heavy atom. The second-order valence-electron chi connectivity index (χ2n) is 6.87. The van der Waals surface area contributed by atoms with Crippen LogP contribution in [0.3, 0.4) is 0 Å². The van der Waals surface area contributed by atoms with E-state index < -0.39 is 0 Å². The summed E-state index contributed by atoms with van der Waals surface area (Å²) in [6, 6.07) is 9.29. The van der Waals surface area contributed by atoms with Crippen molar-refractivity contribution in [2.24, 2.45) is 0 Å². The first kappa shape index (κ1) is 17.5. The normalized spacial score (nSPS) is 18.0. The monoisotopic (exact) mass is 346 g/mol. The van der Waals surface area contributed by atoms with Crippen LogP contribution < -0.4 is 5.32 Å². The van der Waals surface area contributed by atoms with Gasteiger partial charge >= 0.3 is 0 Å². The van der Waals surface area contributed by atoms with Crippen LogP contribution in [0.25, 0.3) is 0 Å². The van der Waals surface area contributed by atoms with Crippen LogP contribution in [-0.4, -0.2) is 39.6 Å². The van der Waals surface area contributed by atoms with Crippen molar-refractivity contribution in [2.75, 3.05) is 13.1 Å². The molecule has 3 rings (SSSR count). The molecule has 24 heavy (non-hydrogen) atoms. The fraction of sp³-hybridized carbons (Fsp3) is 0.526. The maximum Gasteiger partial charge on any atom is 0.105 e. The van der Waals surface area contributed by atoms with E-state index in [2.05, 4.69) is 51.9 Å². The molecule has 1 aromatic carbocycles. The Balaban J connectivity index is 1.41. The van der Waals surface area contributed by atoms with Gasteiger partial charge in [0.1, 0.15) is 5.82 Å². The van der Waals surface area contributed by atoms with E-state index in [4.69, 9.17) is 11.6 Å². The molecule has 130 valence electrons. The van der Waals surface area contributed by atoms with Gasteiger partial charge < -0.3 is 9.88 Å². The van der Waals surface area contributed by atoms with Crippen LogP contribution in [0.5, 0.6) is 0 Å². The summed E-state index contributed by atoms with van der Waals surface area (Å²) in [6.07, 6.45) is 6.35. The molecule has 1 N–H and O–H groups in total. The minimum atomic E-state index is 0.464. The average Bonchev–Trinajstić information content (AvgIpc) is 2.96. The first-order valence-corrected chi connectivity index (χ1v) is 9.18. The number of benzene rings is 1. The summed E-state index contributed by atoms with van der Waals surface area (Å²) >= 11 is 5.95. The summed E-state index contributed by atoms with van der Waals surface area (Å²) in [4.78, 5) is 6.83. The van der Waals surface area contributed by atoms with E-state index in [0.717, 1.165) is 37.0 Å². The molecule has 0 spiro atoms. The van der Waals surface area contributed by atoms with Gasteiger partial charge in [-0.15, -0.1) is 0 Å². The zero-order valence-corrected chi connectivity index (χ0v) is 15.3. The van der Waals surface area contributed by atoms with Crippen molar-refractivity contribution in [3.8, 4) is 0 Å². The third-order valence-corrected chi connectivity index (χ3v) is 5.07. The highest BCUT2D eigenvalue weighted by molar-refractivity contribution is 6.30. The van der Waals surface area contributed by atoms with E-state index >= 15 is 0 Å². The molecule has 1 aromatic heterocycles. The zero-order valence-electron chi connectivity index (χ0n) is 14.6. The predicted octanol–water partition coefficient (Wildman–Crippen LogP) is 3.49. The number of rotatable bonds is 6. The van der Waals surface area contributed by atoms with E-state index in [1.807, 2.05) is 18.3 Å². The molecule has 4 nitrogen and oxygen atoms in total. The fourth-order valence-corrected chi connectivity index (χ4v) is 3.58. The second kappa shape index (κ2) is 8.15. The Morgan fingerprint density at radius 1 is 1.25 bits per heavy atom. The van der Waals surface area contributed by atoms with Crippen molar-refractivity contribution in [1.82, 2.24) is 19.8 Å². The lowest BCUT2D eigenvalue weighted by Gasteiger charge is -2.34. The van der Waals surface area contributed by atoms with Crippen LogP contribution in [-0.2, 0) is 13.1 Å². The molecule has 2 aromatic rings. The number of hydrogen-bond acceptors (Lipinski definition) is 3. The Hall–Kier alpha value is -1.36. The first-order chi connectivity index (χ1) is 11.6. The number of likely N-dealkylation sites (tertiary alicyclic amines) is 1. The molecule has 0 amide bonds. The van der Waals surface area contributed by atoms with Crippen LogP contribution in [0, 0.1) is 6.92 Å². The molecule has 1 aliphatic rings. The maximum atomic E-state index is 5.95. The minimum absolute atomic E-state index is 0.464. The molecule has 0 aliphatic carbocycles. The molecule has 0 radical (unpaired) electrons. The van der Waals surface area contributed by atoms with Crippen LogP contribution in [0.1, 0.15) is 31.2 Å². The molecule has 5 heteroatoms. The standard InChI is InChI=1S/C19H27ClN4/c1-15(13-24-12-9-21-16(24)2)22-19-7-10-23(11-8-19)14-17-3-5-18(20)6-4-17/h3-6,9,12,15,19,22H,7-8,10-11,13-14H2,1-2H3. The fourth-order valence-electron chi connectivity index (χ4n) is 3.45. The van der Waals surface area contributed by atoms with E-state index in [0.29, 0.717) is 12.1 Å². The summed E-state index contributed by atoms with van der Waals surface area (Å²) in [5, 5.41) is 4.59. The number of aryl methyl sites for hydroxylation is 1. The summed E-state index contributed by atoms with van der Waals surface area (Å²) in [5.74, 6) is 1.08. The number of imidazole rings is 1. The van der Waals surface area contributed by atoms with Crippen LogP contribution in [0.4, 0.5) is 0 Å². The lowest BCUT2D eigenvalue weighted by Crippen LogP contribution is -2.46. The second-order valence-corrected chi connectivity index (χ2v) is 7.31. The van der Waals surface area contributed by atoms with E-state index in [1.165, 1.54) is 18.4 Å². The molecule has 1 aliphatic heterocycles. The summed E-state index contributed by atoms with van der Waals surface area (Å²) in [5.41, 5.74) is 1.34. The van der Waals surface area contributed by atoms with Gasteiger partial charge in [0, 0.05) is 42.6 Å². The van der Waals surface area contributed by atoms with Crippen molar-refractivity contribution >= 4 is 11.6 Å². The Morgan fingerprint density at radius 3 is 2.58 bits per heavy atom. The first-order valence-electron chi connectivity index (χ1n) is 8.81. The molecular formula is C19H27ClN4. The van der Waals surface area contributed by atoms with Crippen molar-refractivity contribution < 1.29 is 0 Å². The van der Waals surface area contributed by atoms with E-state index in [1.54, 1.807) is 0 Å². The lowest BCUT2D eigenvalue weighted by atomic mass is 10.0. The van der Waals surface area contributed by atoms with Gasteiger partial charge in [-0.05, 0) is 57.5 Å². The van der Waals surface area contributed by atoms with Crippen molar-refractivity contribution in [3.05, 3.63) is 53.1 Å². The average molecular weight is 347 g/mol. The third kappa shape index (κ3) is 4.82. The van der Waals surface area contributed by atoms with E-state index in [-0.39, 0.29) is 0 Å². The number of nitrogens with one attached hydrogen (secondary N) is 1. The maximum absolute atomic E-state index is 5.95. The molecule has 1 unspecified atom stereocenters. The highest BCUT2D eigenvalue weighted by atomic mass is 35.5. The quantitative estimate of drug-likeness (QED) is 0.869. The smallest absolute Gasteiger partial charge is 0.105 e. The number of piperidine rings is 1. The third-order valence-electron chi connectivity index (χ3n) is 4.82. The van der Waals surface area contributed by atoms with Crippen molar-refractivity contribution in [3.63, 3.8) is 0 Å². The lowest BCUT2D eigenvalue weighted by molar-refractivity contribution is 0.183.